The minimum Gasteiger partial charge on any atom is -0.471 e. The molecule has 10 heteroatoms. The number of benzene rings is 1. The van der Waals surface area contributed by atoms with Gasteiger partial charge in [0.15, 0.2) is 18.1 Å². The number of aryl methyl sites for hydroxylation is 3. The van der Waals surface area contributed by atoms with E-state index in [0.717, 1.165) is 11.1 Å². The Labute approximate surface area is 172 Å². The lowest BCUT2D eigenvalue weighted by Gasteiger charge is -2.10. The van der Waals surface area contributed by atoms with Crippen molar-refractivity contribution in [3.05, 3.63) is 58.1 Å². The zero-order valence-electron chi connectivity index (χ0n) is 16.4. The molecule has 0 bridgehead atoms. The Hall–Kier alpha value is -3.33. The number of rotatable bonds is 6. The molecule has 1 amide bonds. The molecule has 3 aromatic rings. The van der Waals surface area contributed by atoms with Gasteiger partial charge in [0.05, 0.1) is 19.0 Å². The van der Waals surface area contributed by atoms with Gasteiger partial charge in [-0.3, -0.25) is 9.48 Å². The fourth-order valence-electron chi connectivity index (χ4n) is 2.74. The quantitative estimate of drug-likeness (QED) is 0.619. The Kier molecular flexibility index (Phi) is 5.88. The van der Waals surface area contributed by atoms with Gasteiger partial charge in [-0.05, 0) is 43.2 Å². The van der Waals surface area contributed by atoms with Crippen LogP contribution in [0.3, 0.4) is 0 Å². The van der Waals surface area contributed by atoms with E-state index in [0.29, 0.717) is 10.8 Å². The Bertz CT molecular complexity index is 1050. The van der Waals surface area contributed by atoms with Crippen LogP contribution in [0.5, 0.6) is 5.75 Å². The van der Waals surface area contributed by atoms with Gasteiger partial charge in [0, 0.05) is 18.3 Å². The van der Waals surface area contributed by atoms with E-state index in [9.17, 15) is 9.59 Å². The summed E-state index contributed by atoms with van der Waals surface area (Å²) < 4.78 is 13.2. The summed E-state index contributed by atoms with van der Waals surface area (Å²) in [6, 6.07) is 5.22. The molecule has 1 aromatic carbocycles. The molecule has 0 saturated carbocycles. The first kappa shape index (κ1) is 20.4. The number of nitrogens with one attached hydrogen (secondary N) is 1. The summed E-state index contributed by atoms with van der Waals surface area (Å²) in [7, 11) is 2.83. The zero-order valence-corrected chi connectivity index (χ0v) is 17.1. The van der Waals surface area contributed by atoms with Crippen LogP contribution in [0.4, 0.5) is 5.69 Å². The summed E-state index contributed by atoms with van der Waals surface area (Å²) in [5.41, 5.74) is 2.37. The third-order valence-corrected chi connectivity index (χ3v) is 4.81. The molecule has 0 aliphatic carbocycles. The highest BCUT2D eigenvalue weighted by Crippen LogP contribution is 2.26. The smallest absolute Gasteiger partial charge is 0.358 e. The Morgan fingerprint density at radius 1 is 1.24 bits per heavy atom. The van der Waals surface area contributed by atoms with E-state index >= 15 is 0 Å². The normalized spacial score (nSPS) is 10.7. The molecule has 0 saturated heterocycles. The third-order valence-electron chi connectivity index (χ3n) is 4.21. The van der Waals surface area contributed by atoms with Gasteiger partial charge < -0.3 is 14.8 Å². The highest BCUT2D eigenvalue weighted by atomic mass is 35.5. The standard InChI is InChI=1S/C19H20ClN5O4/c1-11-7-13(8-12(2)16(11)20)29-10-25-6-5-14(23-25)18(26)22-15-9-21-24(3)17(15)19(27)28-4/h5-9H,10H2,1-4H3,(H,22,26). The van der Waals surface area contributed by atoms with Crippen molar-refractivity contribution >= 4 is 29.2 Å². The van der Waals surface area contributed by atoms with Gasteiger partial charge in [-0.2, -0.15) is 10.2 Å². The fraction of sp³-hybridized carbons (Fsp3) is 0.263. The number of halogens is 1. The largest absolute Gasteiger partial charge is 0.471 e. The fourth-order valence-corrected chi connectivity index (χ4v) is 2.85. The lowest BCUT2D eigenvalue weighted by molar-refractivity contribution is 0.0589. The number of carbonyl (C=O) groups is 2. The predicted molar refractivity (Wildman–Crippen MR) is 106 cm³/mol. The van der Waals surface area contributed by atoms with E-state index in [4.69, 9.17) is 21.1 Å². The van der Waals surface area contributed by atoms with Crippen LogP contribution in [0.2, 0.25) is 5.02 Å². The van der Waals surface area contributed by atoms with E-state index < -0.39 is 11.9 Å². The van der Waals surface area contributed by atoms with E-state index in [-0.39, 0.29) is 23.8 Å². The van der Waals surface area contributed by atoms with E-state index in [1.165, 1.54) is 22.7 Å². The van der Waals surface area contributed by atoms with Crippen molar-refractivity contribution in [3.63, 3.8) is 0 Å². The maximum Gasteiger partial charge on any atom is 0.358 e. The lowest BCUT2D eigenvalue weighted by Crippen LogP contribution is -2.17. The average molecular weight is 418 g/mol. The molecule has 0 aliphatic heterocycles. The minimum atomic E-state index is -0.604. The van der Waals surface area contributed by atoms with Crippen LogP contribution >= 0.6 is 11.6 Å². The van der Waals surface area contributed by atoms with Crippen molar-refractivity contribution < 1.29 is 19.1 Å². The molecule has 3 rings (SSSR count). The number of nitrogens with zero attached hydrogens (tertiary/aromatic N) is 4. The molecule has 0 atom stereocenters. The van der Waals surface area contributed by atoms with E-state index in [1.807, 2.05) is 26.0 Å². The molecule has 0 unspecified atom stereocenters. The Balaban J connectivity index is 1.67. The van der Waals surface area contributed by atoms with Gasteiger partial charge >= 0.3 is 5.97 Å². The molecule has 0 spiro atoms. The van der Waals surface area contributed by atoms with Gasteiger partial charge in [0.25, 0.3) is 5.91 Å². The number of anilines is 1. The number of methoxy groups -OCH3 is 1. The molecular weight excluding hydrogens is 398 g/mol. The van der Waals surface area contributed by atoms with Crippen LogP contribution in [-0.2, 0) is 18.5 Å². The number of amides is 1. The number of ether oxygens (including phenoxy) is 2. The molecule has 29 heavy (non-hydrogen) atoms. The molecule has 2 heterocycles. The van der Waals surface area contributed by atoms with Crippen molar-refractivity contribution in [2.24, 2.45) is 7.05 Å². The van der Waals surface area contributed by atoms with Crippen LogP contribution in [0.25, 0.3) is 0 Å². The number of aromatic nitrogens is 4. The predicted octanol–water partition coefficient (Wildman–Crippen LogP) is 2.96. The first-order valence-electron chi connectivity index (χ1n) is 8.64. The van der Waals surface area contributed by atoms with Gasteiger partial charge in [-0.25, -0.2) is 9.48 Å². The second-order valence-corrected chi connectivity index (χ2v) is 6.74. The first-order chi connectivity index (χ1) is 13.8. The number of hydrogen-bond donors (Lipinski definition) is 1. The molecular formula is C19H20ClN5O4. The van der Waals surface area contributed by atoms with E-state index in [1.54, 1.807) is 19.3 Å². The second kappa shape index (κ2) is 8.36. The van der Waals surface area contributed by atoms with E-state index in [2.05, 4.69) is 15.5 Å². The Morgan fingerprint density at radius 3 is 2.59 bits per heavy atom. The molecule has 2 aromatic heterocycles. The molecule has 152 valence electrons. The summed E-state index contributed by atoms with van der Waals surface area (Å²) in [4.78, 5) is 24.3. The van der Waals surface area contributed by atoms with Crippen molar-refractivity contribution in [3.8, 4) is 5.75 Å². The monoisotopic (exact) mass is 417 g/mol. The molecule has 9 nitrogen and oxygen atoms in total. The zero-order chi connectivity index (χ0) is 21.1. The molecule has 0 radical (unpaired) electrons. The van der Waals surface area contributed by atoms with Crippen molar-refractivity contribution in [2.45, 2.75) is 20.6 Å². The maximum absolute atomic E-state index is 12.5. The van der Waals surface area contributed by atoms with Gasteiger partial charge in [-0.1, -0.05) is 11.6 Å². The highest BCUT2D eigenvalue weighted by molar-refractivity contribution is 6.32. The van der Waals surface area contributed by atoms with Crippen molar-refractivity contribution in [1.29, 1.82) is 0 Å². The Morgan fingerprint density at radius 2 is 1.93 bits per heavy atom. The van der Waals surface area contributed by atoms with Gasteiger partial charge in [0.1, 0.15) is 5.75 Å². The molecule has 0 aliphatic rings. The summed E-state index contributed by atoms with van der Waals surface area (Å²) in [5.74, 6) is -0.433. The summed E-state index contributed by atoms with van der Waals surface area (Å²) in [5, 5.41) is 11.5. The first-order valence-corrected chi connectivity index (χ1v) is 9.02. The van der Waals surface area contributed by atoms with Crippen molar-refractivity contribution in [2.75, 3.05) is 12.4 Å². The number of hydrogen-bond acceptors (Lipinski definition) is 6. The van der Waals surface area contributed by atoms with Crippen LogP contribution in [-0.4, -0.2) is 38.5 Å². The van der Waals surface area contributed by atoms with Crippen LogP contribution in [0, 0.1) is 13.8 Å². The molecule has 0 fully saturated rings. The lowest BCUT2D eigenvalue weighted by atomic mass is 10.1. The topological polar surface area (TPSA) is 100 Å². The van der Waals surface area contributed by atoms with Gasteiger partial charge in [0.2, 0.25) is 0 Å². The minimum absolute atomic E-state index is 0.119. The maximum atomic E-state index is 12.5. The number of carbonyl (C=O) groups excluding carboxylic acids is 2. The SMILES string of the molecule is COC(=O)c1c(NC(=O)c2ccn(COc3cc(C)c(Cl)c(C)c3)n2)cnn1C. The highest BCUT2D eigenvalue weighted by Gasteiger charge is 2.20. The average Bonchev–Trinajstić information content (AvgIpc) is 3.30. The summed E-state index contributed by atoms with van der Waals surface area (Å²) in [6.45, 7) is 3.92. The van der Waals surface area contributed by atoms with Crippen molar-refractivity contribution in [1.82, 2.24) is 19.6 Å². The van der Waals surface area contributed by atoms with Gasteiger partial charge in [-0.15, -0.1) is 0 Å². The number of esters is 1. The van der Waals surface area contributed by atoms with Crippen LogP contribution in [0.1, 0.15) is 32.1 Å². The summed E-state index contributed by atoms with van der Waals surface area (Å²) in [6.07, 6.45) is 2.99. The third kappa shape index (κ3) is 4.40. The summed E-state index contributed by atoms with van der Waals surface area (Å²) >= 11 is 6.16. The molecule has 1 N–H and O–H groups in total. The second-order valence-electron chi connectivity index (χ2n) is 6.36. The van der Waals surface area contributed by atoms with Crippen LogP contribution < -0.4 is 10.1 Å². The van der Waals surface area contributed by atoms with Crippen LogP contribution in [0.15, 0.2) is 30.6 Å².